The Morgan fingerprint density at radius 3 is 2.36 bits per heavy atom. The fourth-order valence-corrected chi connectivity index (χ4v) is 4.14. The number of para-hydroxylation sites is 1. The van der Waals surface area contributed by atoms with Crippen LogP contribution in [-0.2, 0) is 17.9 Å². The van der Waals surface area contributed by atoms with Gasteiger partial charge in [-0.2, -0.15) is 0 Å². The lowest BCUT2D eigenvalue weighted by molar-refractivity contribution is -0.384. The summed E-state index contributed by atoms with van der Waals surface area (Å²) in [4.78, 5) is 39.2. The SMILES string of the molecule is CC(=O)N1CCN(c2ccc(C(=O)NCc3cccc(COc4ccccc4)c3)cc2[N+](=O)[O-])CC1. The van der Waals surface area contributed by atoms with Crippen molar-refractivity contribution in [2.24, 2.45) is 0 Å². The zero-order chi connectivity index (χ0) is 25.5. The summed E-state index contributed by atoms with van der Waals surface area (Å²) >= 11 is 0. The number of nitrogens with one attached hydrogen (secondary N) is 1. The molecule has 1 fully saturated rings. The Bertz CT molecular complexity index is 1240. The number of rotatable bonds is 8. The molecule has 4 rings (SSSR count). The highest BCUT2D eigenvalue weighted by atomic mass is 16.6. The first kappa shape index (κ1) is 24.7. The Morgan fingerprint density at radius 2 is 1.67 bits per heavy atom. The minimum absolute atomic E-state index is 0.00886. The van der Waals surface area contributed by atoms with Crippen LogP contribution >= 0.6 is 0 Å². The van der Waals surface area contributed by atoms with E-state index in [1.54, 1.807) is 17.0 Å². The van der Waals surface area contributed by atoms with Crippen LogP contribution in [0.25, 0.3) is 0 Å². The summed E-state index contributed by atoms with van der Waals surface area (Å²) in [5.41, 5.74) is 2.41. The summed E-state index contributed by atoms with van der Waals surface area (Å²) in [6.07, 6.45) is 0. The first-order chi connectivity index (χ1) is 17.4. The van der Waals surface area contributed by atoms with E-state index in [0.717, 1.165) is 16.9 Å². The smallest absolute Gasteiger partial charge is 0.293 e. The van der Waals surface area contributed by atoms with Gasteiger partial charge in [-0.3, -0.25) is 19.7 Å². The van der Waals surface area contributed by atoms with Gasteiger partial charge in [-0.15, -0.1) is 0 Å². The zero-order valence-corrected chi connectivity index (χ0v) is 20.1. The number of nitrogens with zero attached hydrogens (tertiary/aromatic N) is 3. The number of carbonyl (C=O) groups excluding carboxylic acids is 2. The van der Waals surface area contributed by atoms with Crippen LogP contribution in [0.15, 0.2) is 72.8 Å². The average Bonchev–Trinajstić information content (AvgIpc) is 2.91. The molecule has 0 spiro atoms. The van der Waals surface area contributed by atoms with E-state index in [0.29, 0.717) is 38.5 Å². The van der Waals surface area contributed by atoms with Crippen LogP contribution in [0.3, 0.4) is 0 Å². The maximum Gasteiger partial charge on any atom is 0.293 e. The summed E-state index contributed by atoms with van der Waals surface area (Å²) < 4.78 is 5.78. The molecular weight excluding hydrogens is 460 g/mol. The van der Waals surface area contributed by atoms with E-state index in [4.69, 9.17) is 4.74 Å². The lowest BCUT2D eigenvalue weighted by Crippen LogP contribution is -2.48. The topological polar surface area (TPSA) is 105 Å². The van der Waals surface area contributed by atoms with Crippen molar-refractivity contribution in [3.05, 3.63) is 99.6 Å². The molecule has 0 aliphatic carbocycles. The molecular formula is C27H28N4O5. The molecule has 1 heterocycles. The predicted molar refractivity (Wildman–Crippen MR) is 136 cm³/mol. The summed E-state index contributed by atoms with van der Waals surface area (Å²) in [7, 11) is 0. The second kappa shape index (κ2) is 11.4. The van der Waals surface area contributed by atoms with Gasteiger partial charge in [0.25, 0.3) is 11.6 Å². The fourth-order valence-electron chi connectivity index (χ4n) is 4.14. The minimum Gasteiger partial charge on any atom is -0.489 e. The average molecular weight is 489 g/mol. The third-order valence-corrected chi connectivity index (χ3v) is 6.09. The highest BCUT2D eigenvalue weighted by Crippen LogP contribution is 2.30. The highest BCUT2D eigenvalue weighted by Gasteiger charge is 2.25. The van der Waals surface area contributed by atoms with E-state index in [1.165, 1.54) is 13.0 Å². The van der Waals surface area contributed by atoms with Gasteiger partial charge in [-0.1, -0.05) is 42.5 Å². The number of ether oxygens (including phenoxy) is 1. The Balaban J connectivity index is 1.38. The monoisotopic (exact) mass is 488 g/mol. The molecule has 2 amide bonds. The second-order valence-electron chi connectivity index (χ2n) is 8.56. The highest BCUT2D eigenvalue weighted by molar-refractivity contribution is 5.95. The molecule has 0 unspecified atom stereocenters. The van der Waals surface area contributed by atoms with Gasteiger partial charge in [0.2, 0.25) is 5.91 Å². The number of hydrogen-bond donors (Lipinski definition) is 1. The first-order valence-corrected chi connectivity index (χ1v) is 11.7. The van der Waals surface area contributed by atoms with Crippen molar-refractivity contribution in [1.82, 2.24) is 10.2 Å². The number of carbonyl (C=O) groups is 2. The molecule has 1 saturated heterocycles. The molecule has 1 aliphatic heterocycles. The standard InChI is InChI=1S/C27H28N4O5/c1-20(32)29-12-14-30(15-13-29)25-11-10-23(17-26(25)31(34)35)27(33)28-18-21-6-5-7-22(16-21)19-36-24-8-3-2-4-9-24/h2-11,16-17H,12-15,18-19H2,1H3,(H,28,33). The molecule has 0 aromatic heterocycles. The van der Waals surface area contributed by atoms with Crippen molar-refractivity contribution < 1.29 is 19.2 Å². The largest absolute Gasteiger partial charge is 0.489 e. The van der Waals surface area contributed by atoms with Gasteiger partial charge in [-0.05, 0) is 35.4 Å². The van der Waals surface area contributed by atoms with E-state index < -0.39 is 10.8 Å². The third-order valence-electron chi connectivity index (χ3n) is 6.09. The van der Waals surface area contributed by atoms with Gasteiger partial charge in [0.05, 0.1) is 4.92 Å². The Labute approximate surface area is 209 Å². The lowest BCUT2D eigenvalue weighted by atomic mass is 10.1. The predicted octanol–water partition coefficient (Wildman–Crippen LogP) is 3.77. The number of hydrogen-bond acceptors (Lipinski definition) is 6. The number of benzene rings is 3. The van der Waals surface area contributed by atoms with Gasteiger partial charge >= 0.3 is 0 Å². The molecule has 3 aromatic carbocycles. The molecule has 1 N–H and O–H groups in total. The second-order valence-corrected chi connectivity index (χ2v) is 8.56. The summed E-state index contributed by atoms with van der Waals surface area (Å²) in [6, 6.07) is 21.7. The number of piperazine rings is 1. The number of anilines is 1. The van der Waals surface area contributed by atoms with Crippen LogP contribution in [0.2, 0.25) is 0 Å². The zero-order valence-electron chi connectivity index (χ0n) is 20.1. The van der Waals surface area contributed by atoms with Gasteiger partial charge < -0.3 is 19.9 Å². The number of nitro benzene ring substituents is 1. The first-order valence-electron chi connectivity index (χ1n) is 11.7. The molecule has 3 aromatic rings. The Morgan fingerprint density at radius 1 is 0.944 bits per heavy atom. The van der Waals surface area contributed by atoms with Crippen LogP contribution in [0, 0.1) is 10.1 Å². The minimum atomic E-state index is -0.473. The van der Waals surface area contributed by atoms with Crippen molar-refractivity contribution in [3.8, 4) is 5.75 Å². The molecule has 9 heteroatoms. The van der Waals surface area contributed by atoms with Crippen molar-refractivity contribution in [2.45, 2.75) is 20.1 Å². The maximum absolute atomic E-state index is 12.8. The maximum atomic E-state index is 12.8. The molecule has 36 heavy (non-hydrogen) atoms. The van der Waals surface area contributed by atoms with E-state index in [1.807, 2.05) is 59.5 Å². The Hall–Kier alpha value is -4.40. The summed E-state index contributed by atoms with van der Waals surface area (Å²) in [5, 5.41) is 14.6. The van der Waals surface area contributed by atoms with Gasteiger partial charge in [0.15, 0.2) is 0 Å². The number of nitro groups is 1. The van der Waals surface area contributed by atoms with Gasteiger partial charge in [0.1, 0.15) is 18.0 Å². The van der Waals surface area contributed by atoms with Crippen molar-refractivity contribution >= 4 is 23.2 Å². The number of amides is 2. The van der Waals surface area contributed by atoms with Crippen LogP contribution in [0.4, 0.5) is 11.4 Å². The van der Waals surface area contributed by atoms with Crippen LogP contribution in [-0.4, -0.2) is 47.8 Å². The summed E-state index contributed by atoms with van der Waals surface area (Å²) in [5.74, 6) is 0.379. The van der Waals surface area contributed by atoms with Crippen LogP contribution in [0.1, 0.15) is 28.4 Å². The lowest BCUT2D eigenvalue weighted by Gasteiger charge is -2.35. The molecule has 0 bridgehead atoms. The summed E-state index contributed by atoms with van der Waals surface area (Å²) in [6.45, 7) is 4.20. The molecule has 9 nitrogen and oxygen atoms in total. The van der Waals surface area contributed by atoms with Crippen LogP contribution < -0.4 is 15.0 Å². The van der Waals surface area contributed by atoms with Gasteiger partial charge in [-0.25, -0.2) is 0 Å². The van der Waals surface area contributed by atoms with Crippen LogP contribution in [0.5, 0.6) is 5.75 Å². The normalized spacial score (nSPS) is 13.2. The van der Waals surface area contributed by atoms with E-state index in [9.17, 15) is 19.7 Å². The van der Waals surface area contributed by atoms with Gasteiger partial charge in [0, 0.05) is 51.3 Å². The van der Waals surface area contributed by atoms with E-state index >= 15 is 0 Å². The van der Waals surface area contributed by atoms with E-state index in [2.05, 4.69) is 5.32 Å². The Kier molecular flexibility index (Phi) is 7.79. The van der Waals surface area contributed by atoms with E-state index in [-0.39, 0.29) is 23.7 Å². The van der Waals surface area contributed by atoms with Crippen molar-refractivity contribution in [3.63, 3.8) is 0 Å². The molecule has 0 atom stereocenters. The van der Waals surface area contributed by atoms with Crippen molar-refractivity contribution in [1.29, 1.82) is 0 Å². The quantitative estimate of drug-likeness (QED) is 0.382. The fraction of sp³-hybridized carbons (Fsp3) is 0.259. The van der Waals surface area contributed by atoms with Crippen molar-refractivity contribution in [2.75, 3.05) is 31.1 Å². The molecule has 0 saturated carbocycles. The molecule has 0 radical (unpaired) electrons. The third kappa shape index (κ3) is 6.18. The molecule has 1 aliphatic rings. The molecule has 186 valence electrons.